The van der Waals surface area contributed by atoms with E-state index in [1.165, 1.54) is 17.8 Å². The number of nitrogens with zero attached hydrogens (tertiary/aromatic N) is 4. The lowest BCUT2D eigenvalue weighted by atomic mass is 10.2. The summed E-state index contributed by atoms with van der Waals surface area (Å²) in [5.74, 6) is 0.842. The van der Waals surface area contributed by atoms with Gasteiger partial charge in [-0.3, -0.25) is 4.79 Å². The van der Waals surface area contributed by atoms with Crippen molar-refractivity contribution in [2.75, 3.05) is 11.1 Å². The van der Waals surface area contributed by atoms with Crippen molar-refractivity contribution in [3.8, 4) is 6.07 Å². The molecule has 0 aliphatic heterocycles. The molecular formula is C23H18N6O2S. The van der Waals surface area contributed by atoms with Crippen molar-refractivity contribution in [1.29, 1.82) is 5.26 Å². The SMILES string of the molecule is N#Cc1cc(C(=O)Nc2ccccc2)c(N)nc1SCc1nnc(Cc2ccccc2)o1. The van der Waals surface area contributed by atoms with E-state index >= 15 is 0 Å². The van der Waals surface area contributed by atoms with E-state index in [-0.39, 0.29) is 16.9 Å². The van der Waals surface area contributed by atoms with E-state index in [0.29, 0.717) is 34.7 Å². The summed E-state index contributed by atoms with van der Waals surface area (Å²) >= 11 is 1.24. The number of hydrogen-bond donors (Lipinski definition) is 2. The largest absolute Gasteiger partial charge is 0.424 e. The zero-order valence-corrected chi connectivity index (χ0v) is 17.7. The number of amides is 1. The first-order valence-electron chi connectivity index (χ1n) is 9.67. The summed E-state index contributed by atoms with van der Waals surface area (Å²) in [6.45, 7) is 0. The van der Waals surface area contributed by atoms with Crippen LogP contribution in [-0.4, -0.2) is 21.1 Å². The van der Waals surface area contributed by atoms with Crippen molar-refractivity contribution in [3.05, 3.63) is 95.2 Å². The quantitative estimate of drug-likeness (QED) is 0.410. The number of anilines is 2. The van der Waals surface area contributed by atoms with E-state index in [4.69, 9.17) is 10.2 Å². The fourth-order valence-electron chi connectivity index (χ4n) is 2.92. The second kappa shape index (κ2) is 9.76. The van der Waals surface area contributed by atoms with Gasteiger partial charge >= 0.3 is 0 Å². The van der Waals surface area contributed by atoms with E-state index in [0.717, 1.165) is 5.56 Å². The summed E-state index contributed by atoms with van der Waals surface area (Å²) < 4.78 is 5.69. The molecule has 2 aromatic heterocycles. The minimum Gasteiger partial charge on any atom is -0.424 e. The number of nitrogens with one attached hydrogen (secondary N) is 1. The second-order valence-corrected chi connectivity index (χ2v) is 7.71. The highest BCUT2D eigenvalue weighted by Crippen LogP contribution is 2.27. The Labute approximate surface area is 188 Å². The van der Waals surface area contributed by atoms with E-state index < -0.39 is 5.91 Å². The van der Waals surface area contributed by atoms with Crippen molar-refractivity contribution in [2.45, 2.75) is 17.2 Å². The van der Waals surface area contributed by atoms with Gasteiger partial charge in [-0.2, -0.15) is 5.26 Å². The molecule has 0 atom stereocenters. The highest BCUT2D eigenvalue weighted by Gasteiger charge is 2.17. The minimum absolute atomic E-state index is 0.0372. The normalized spacial score (nSPS) is 10.5. The van der Waals surface area contributed by atoms with Gasteiger partial charge in [-0.1, -0.05) is 60.3 Å². The molecular weight excluding hydrogens is 424 g/mol. The van der Waals surface area contributed by atoms with Gasteiger partial charge in [0.2, 0.25) is 11.8 Å². The molecule has 1 amide bonds. The number of para-hydroxylation sites is 1. The Bertz CT molecular complexity index is 1270. The van der Waals surface area contributed by atoms with Crippen LogP contribution < -0.4 is 11.1 Å². The fourth-order valence-corrected chi connectivity index (χ4v) is 3.72. The van der Waals surface area contributed by atoms with Crippen LogP contribution in [0.4, 0.5) is 11.5 Å². The maximum atomic E-state index is 12.6. The third kappa shape index (κ3) is 5.11. The number of aromatic nitrogens is 3. The molecule has 0 saturated carbocycles. The molecule has 4 aromatic rings. The number of nitrogen functional groups attached to an aromatic ring is 1. The summed E-state index contributed by atoms with van der Waals surface area (Å²) in [7, 11) is 0. The summed E-state index contributed by atoms with van der Waals surface area (Å²) in [5, 5.41) is 20.8. The maximum absolute atomic E-state index is 12.6. The first-order valence-corrected chi connectivity index (χ1v) is 10.7. The molecule has 0 spiro atoms. The number of carbonyl (C=O) groups is 1. The molecule has 0 bridgehead atoms. The minimum atomic E-state index is -0.434. The van der Waals surface area contributed by atoms with Crippen molar-refractivity contribution in [1.82, 2.24) is 15.2 Å². The smallest absolute Gasteiger partial charge is 0.259 e. The average Bonchev–Trinajstić information content (AvgIpc) is 3.26. The molecule has 4 rings (SSSR count). The molecule has 9 heteroatoms. The summed E-state index contributed by atoms with van der Waals surface area (Å²) in [6.07, 6.45) is 0.540. The third-order valence-electron chi connectivity index (χ3n) is 4.45. The Kier molecular flexibility index (Phi) is 6.43. The lowest BCUT2D eigenvalue weighted by Crippen LogP contribution is -2.15. The number of rotatable bonds is 7. The summed E-state index contributed by atoms with van der Waals surface area (Å²) in [5.41, 5.74) is 8.08. The topological polar surface area (TPSA) is 131 Å². The molecule has 32 heavy (non-hydrogen) atoms. The van der Waals surface area contributed by atoms with E-state index in [9.17, 15) is 10.1 Å². The third-order valence-corrected chi connectivity index (χ3v) is 5.43. The van der Waals surface area contributed by atoms with Gasteiger partial charge in [-0.25, -0.2) is 4.98 Å². The zero-order valence-electron chi connectivity index (χ0n) is 16.9. The number of nitrogens with two attached hydrogens (primary N) is 1. The van der Waals surface area contributed by atoms with Crippen LogP contribution >= 0.6 is 11.8 Å². The molecule has 2 aromatic carbocycles. The van der Waals surface area contributed by atoms with Gasteiger partial charge in [-0.05, 0) is 23.8 Å². The van der Waals surface area contributed by atoms with Crippen molar-refractivity contribution in [3.63, 3.8) is 0 Å². The fraction of sp³-hybridized carbons (Fsp3) is 0.0870. The molecule has 0 aliphatic rings. The zero-order chi connectivity index (χ0) is 22.3. The number of pyridine rings is 1. The standard InChI is InChI=1S/C23H18N6O2S/c24-13-16-12-18(22(30)26-17-9-5-2-6-10-17)21(25)27-23(16)32-14-20-29-28-19(31-20)11-15-7-3-1-4-8-15/h1-10,12H,11,14H2,(H2,25,27)(H,26,30). The van der Waals surface area contributed by atoms with Crippen LogP contribution in [-0.2, 0) is 12.2 Å². The lowest BCUT2D eigenvalue weighted by Gasteiger charge is -2.09. The number of carbonyl (C=O) groups excluding carboxylic acids is 1. The van der Waals surface area contributed by atoms with E-state index in [1.54, 1.807) is 24.3 Å². The van der Waals surface area contributed by atoms with Crippen LogP contribution in [0.2, 0.25) is 0 Å². The summed E-state index contributed by atoms with van der Waals surface area (Å²) in [4.78, 5) is 16.8. The van der Waals surface area contributed by atoms with E-state index in [2.05, 4.69) is 26.6 Å². The van der Waals surface area contributed by atoms with Crippen LogP contribution in [0, 0.1) is 11.3 Å². The summed E-state index contributed by atoms with van der Waals surface area (Å²) in [6, 6.07) is 22.3. The van der Waals surface area contributed by atoms with Crippen LogP contribution in [0.15, 0.2) is 76.2 Å². The van der Waals surface area contributed by atoms with Crippen molar-refractivity contribution >= 4 is 29.2 Å². The first kappa shape index (κ1) is 21.1. The Hall–Kier alpha value is -4.16. The van der Waals surface area contributed by atoms with Gasteiger partial charge in [0.1, 0.15) is 16.9 Å². The molecule has 158 valence electrons. The highest BCUT2D eigenvalue weighted by molar-refractivity contribution is 7.98. The second-order valence-electron chi connectivity index (χ2n) is 6.75. The molecule has 2 heterocycles. The number of thioether (sulfide) groups is 1. The number of benzene rings is 2. The molecule has 0 aliphatic carbocycles. The van der Waals surface area contributed by atoms with Gasteiger partial charge in [0, 0.05) is 5.69 Å². The van der Waals surface area contributed by atoms with Gasteiger partial charge in [0.15, 0.2) is 0 Å². The number of hydrogen-bond acceptors (Lipinski definition) is 8. The average molecular weight is 443 g/mol. The molecule has 3 N–H and O–H groups in total. The monoisotopic (exact) mass is 442 g/mol. The molecule has 0 unspecified atom stereocenters. The lowest BCUT2D eigenvalue weighted by molar-refractivity contribution is 0.102. The first-order chi connectivity index (χ1) is 15.6. The predicted molar refractivity (Wildman–Crippen MR) is 121 cm³/mol. The van der Waals surface area contributed by atoms with Gasteiger partial charge in [0.05, 0.1) is 23.3 Å². The van der Waals surface area contributed by atoms with Gasteiger partial charge < -0.3 is 15.5 Å². The van der Waals surface area contributed by atoms with Gasteiger partial charge in [0.25, 0.3) is 5.91 Å². The molecule has 8 nitrogen and oxygen atoms in total. The highest BCUT2D eigenvalue weighted by atomic mass is 32.2. The number of nitriles is 1. The maximum Gasteiger partial charge on any atom is 0.259 e. The Balaban J connectivity index is 1.45. The Morgan fingerprint density at radius 1 is 1.06 bits per heavy atom. The predicted octanol–water partition coefficient (Wildman–Crippen LogP) is 4.05. The molecule has 0 saturated heterocycles. The van der Waals surface area contributed by atoms with Crippen molar-refractivity contribution in [2.24, 2.45) is 0 Å². The van der Waals surface area contributed by atoms with Crippen LogP contribution in [0.3, 0.4) is 0 Å². The Morgan fingerprint density at radius 2 is 1.75 bits per heavy atom. The van der Waals surface area contributed by atoms with Gasteiger partial charge in [-0.15, -0.1) is 10.2 Å². The van der Waals surface area contributed by atoms with Crippen LogP contribution in [0.25, 0.3) is 0 Å². The van der Waals surface area contributed by atoms with Crippen molar-refractivity contribution < 1.29 is 9.21 Å². The Morgan fingerprint density at radius 3 is 2.47 bits per heavy atom. The van der Waals surface area contributed by atoms with Crippen LogP contribution in [0.5, 0.6) is 0 Å². The van der Waals surface area contributed by atoms with E-state index in [1.807, 2.05) is 36.4 Å². The molecule has 0 fully saturated rings. The van der Waals surface area contributed by atoms with Crippen LogP contribution in [0.1, 0.15) is 33.3 Å². The molecule has 0 radical (unpaired) electrons.